The van der Waals surface area contributed by atoms with Crippen molar-refractivity contribution in [1.82, 2.24) is 0 Å². The van der Waals surface area contributed by atoms with Crippen LogP contribution in [0.5, 0.6) is 0 Å². The van der Waals surface area contributed by atoms with Crippen LogP contribution in [0.2, 0.25) is 0 Å². The molecular formula is C14H27BrO. The Morgan fingerprint density at radius 1 is 1.25 bits per heavy atom. The van der Waals surface area contributed by atoms with Crippen molar-refractivity contribution >= 4 is 15.9 Å². The zero-order valence-corrected chi connectivity index (χ0v) is 12.5. The summed E-state index contributed by atoms with van der Waals surface area (Å²) in [7, 11) is 0. The summed E-state index contributed by atoms with van der Waals surface area (Å²) in [5.41, 5.74) is 0.443. The van der Waals surface area contributed by atoms with Crippen molar-refractivity contribution in [3.63, 3.8) is 0 Å². The van der Waals surface area contributed by atoms with E-state index in [1.54, 1.807) is 0 Å². The molecule has 0 atom stereocenters. The molecule has 1 nitrogen and oxygen atoms in total. The molecule has 0 heterocycles. The van der Waals surface area contributed by atoms with Crippen LogP contribution in [-0.2, 0) is 4.74 Å². The Kier molecular flexibility index (Phi) is 6.98. The van der Waals surface area contributed by atoms with Gasteiger partial charge >= 0.3 is 0 Å². The molecule has 0 aromatic heterocycles. The molecular weight excluding hydrogens is 264 g/mol. The summed E-state index contributed by atoms with van der Waals surface area (Å²) in [5.74, 6) is 0.994. The van der Waals surface area contributed by atoms with Crippen LogP contribution in [0.25, 0.3) is 0 Å². The van der Waals surface area contributed by atoms with Gasteiger partial charge < -0.3 is 4.74 Å². The van der Waals surface area contributed by atoms with E-state index in [1.165, 1.54) is 44.9 Å². The first-order valence-corrected chi connectivity index (χ1v) is 8.02. The minimum absolute atomic E-state index is 0.443. The van der Waals surface area contributed by atoms with E-state index in [1.807, 2.05) is 0 Å². The first-order valence-electron chi connectivity index (χ1n) is 6.90. The molecule has 0 aliphatic heterocycles. The third-order valence-electron chi connectivity index (χ3n) is 4.03. The second kappa shape index (κ2) is 7.71. The summed E-state index contributed by atoms with van der Waals surface area (Å²) in [6.07, 6.45) is 9.75. The molecule has 1 rings (SSSR count). The Balaban J connectivity index is 2.31. The lowest BCUT2D eigenvalue weighted by molar-refractivity contribution is 0.0302. The fourth-order valence-electron chi connectivity index (χ4n) is 2.71. The van der Waals surface area contributed by atoms with Crippen molar-refractivity contribution < 1.29 is 4.74 Å². The number of hydrogen-bond donors (Lipinski definition) is 0. The highest BCUT2D eigenvalue weighted by molar-refractivity contribution is 9.09. The third-order valence-corrected chi connectivity index (χ3v) is 5.22. The van der Waals surface area contributed by atoms with E-state index in [0.717, 1.165) is 24.5 Å². The van der Waals surface area contributed by atoms with E-state index in [4.69, 9.17) is 4.74 Å². The minimum Gasteiger partial charge on any atom is -0.381 e. The summed E-state index contributed by atoms with van der Waals surface area (Å²) >= 11 is 3.69. The number of ether oxygens (including phenoxy) is 1. The van der Waals surface area contributed by atoms with E-state index < -0.39 is 0 Å². The van der Waals surface area contributed by atoms with Crippen molar-refractivity contribution in [2.75, 3.05) is 18.5 Å². The van der Waals surface area contributed by atoms with Gasteiger partial charge in [-0.15, -0.1) is 0 Å². The number of hydrogen-bond acceptors (Lipinski definition) is 1. The summed E-state index contributed by atoms with van der Waals surface area (Å²) in [4.78, 5) is 0. The summed E-state index contributed by atoms with van der Waals surface area (Å²) < 4.78 is 5.65. The van der Waals surface area contributed by atoms with Gasteiger partial charge in [-0.2, -0.15) is 0 Å². The second-order valence-electron chi connectivity index (χ2n) is 5.36. The summed E-state index contributed by atoms with van der Waals surface area (Å²) in [6, 6.07) is 0. The number of alkyl halides is 1. The van der Waals surface area contributed by atoms with E-state index in [0.29, 0.717) is 5.41 Å². The van der Waals surface area contributed by atoms with Gasteiger partial charge in [-0.3, -0.25) is 0 Å². The Morgan fingerprint density at radius 3 is 2.44 bits per heavy atom. The zero-order chi connectivity index (χ0) is 11.9. The van der Waals surface area contributed by atoms with Gasteiger partial charge in [0.2, 0.25) is 0 Å². The second-order valence-corrected chi connectivity index (χ2v) is 5.92. The molecule has 0 aromatic carbocycles. The van der Waals surface area contributed by atoms with Crippen molar-refractivity contribution in [2.45, 2.75) is 58.8 Å². The van der Waals surface area contributed by atoms with Gasteiger partial charge in [0.15, 0.2) is 0 Å². The number of unbranched alkanes of at least 4 members (excludes halogenated alkanes) is 1. The lowest BCUT2D eigenvalue weighted by Crippen LogP contribution is -2.33. The Bertz CT molecular complexity index is 174. The molecule has 0 amide bonds. The standard InChI is InChI=1S/C14H27BrO/c1-3-5-6-13-7-9-14(11-15,10-8-13)12-16-4-2/h13H,3-12H2,1-2H3. The normalized spacial score (nSPS) is 30.6. The van der Waals surface area contributed by atoms with E-state index in [9.17, 15) is 0 Å². The van der Waals surface area contributed by atoms with Crippen LogP contribution in [-0.4, -0.2) is 18.5 Å². The predicted molar refractivity (Wildman–Crippen MR) is 74.2 cm³/mol. The summed E-state index contributed by atoms with van der Waals surface area (Å²) in [6.45, 7) is 6.19. The highest BCUT2D eigenvalue weighted by Crippen LogP contribution is 2.42. The van der Waals surface area contributed by atoms with Crippen LogP contribution in [0.15, 0.2) is 0 Å². The number of halogens is 1. The molecule has 1 aliphatic carbocycles. The van der Waals surface area contributed by atoms with E-state index >= 15 is 0 Å². The average Bonchev–Trinajstić information content (AvgIpc) is 2.35. The highest BCUT2D eigenvalue weighted by Gasteiger charge is 2.34. The lowest BCUT2D eigenvalue weighted by Gasteiger charge is -2.38. The van der Waals surface area contributed by atoms with Crippen molar-refractivity contribution in [3.05, 3.63) is 0 Å². The van der Waals surface area contributed by atoms with Crippen molar-refractivity contribution in [1.29, 1.82) is 0 Å². The van der Waals surface area contributed by atoms with Crippen LogP contribution in [0.1, 0.15) is 58.8 Å². The van der Waals surface area contributed by atoms with Gasteiger partial charge in [-0.1, -0.05) is 42.1 Å². The largest absolute Gasteiger partial charge is 0.381 e. The first kappa shape index (κ1) is 14.5. The molecule has 0 spiro atoms. The van der Waals surface area contributed by atoms with Crippen LogP contribution in [0.4, 0.5) is 0 Å². The fourth-order valence-corrected chi connectivity index (χ4v) is 3.43. The van der Waals surface area contributed by atoms with E-state index in [2.05, 4.69) is 29.8 Å². The average molecular weight is 291 g/mol. The van der Waals surface area contributed by atoms with Crippen molar-refractivity contribution in [2.24, 2.45) is 11.3 Å². The Hall–Kier alpha value is 0.440. The molecule has 1 aliphatic rings. The first-order chi connectivity index (χ1) is 7.76. The summed E-state index contributed by atoms with van der Waals surface area (Å²) in [5, 5.41) is 1.11. The van der Waals surface area contributed by atoms with Gasteiger partial charge in [-0.05, 0) is 38.5 Å². The molecule has 0 bridgehead atoms. The van der Waals surface area contributed by atoms with Gasteiger partial charge in [0.05, 0.1) is 6.61 Å². The Morgan fingerprint density at radius 2 is 1.94 bits per heavy atom. The van der Waals surface area contributed by atoms with Crippen LogP contribution < -0.4 is 0 Å². The molecule has 2 heteroatoms. The maximum absolute atomic E-state index is 5.65. The van der Waals surface area contributed by atoms with Gasteiger partial charge in [0.1, 0.15) is 0 Å². The quantitative estimate of drug-likeness (QED) is 0.613. The maximum atomic E-state index is 5.65. The lowest BCUT2D eigenvalue weighted by atomic mass is 9.71. The number of rotatable bonds is 7. The van der Waals surface area contributed by atoms with Crippen LogP contribution in [0.3, 0.4) is 0 Å². The molecule has 0 aromatic rings. The van der Waals surface area contributed by atoms with Crippen LogP contribution >= 0.6 is 15.9 Å². The topological polar surface area (TPSA) is 9.23 Å². The zero-order valence-electron chi connectivity index (χ0n) is 10.9. The third kappa shape index (κ3) is 4.37. The van der Waals surface area contributed by atoms with Gasteiger partial charge in [0, 0.05) is 17.4 Å². The molecule has 96 valence electrons. The van der Waals surface area contributed by atoms with Gasteiger partial charge in [-0.25, -0.2) is 0 Å². The minimum atomic E-state index is 0.443. The molecule has 0 N–H and O–H groups in total. The molecule has 0 unspecified atom stereocenters. The highest BCUT2D eigenvalue weighted by atomic mass is 79.9. The molecule has 0 saturated heterocycles. The van der Waals surface area contributed by atoms with E-state index in [-0.39, 0.29) is 0 Å². The van der Waals surface area contributed by atoms with Gasteiger partial charge in [0.25, 0.3) is 0 Å². The molecule has 1 fully saturated rings. The monoisotopic (exact) mass is 290 g/mol. The SMILES string of the molecule is CCCCC1CCC(CBr)(COCC)CC1. The predicted octanol–water partition coefficient (Wildman–Crippen LogP) is 4.78. The molecule has 16 heavy (non-hydrogen) atoms. The maximum Gasteiger partial charge on any atom is 0.0530 e. The molecule has 1 saturated carbocycles. The smallest absolute Gasteiger partial charge is 0.0530 e. The van der Waals surface area contributed by atoms with Crippen LogP contribution in [0, 0.1) is 11.3 Å². The van der Waals surface area contributed by atoms with Crippen molar-refractivity contribution in [3.8, 4) is 0 Å². The Labute approximate surface area is 109 Å². The molecule has 0 radical (unpaired) electrons. The fraction of sp³-hybridized carbons (Fsp3) is 1.00.